The van der Waals surface area contributed by atoms with Gasteiger partial charge in [0.25, 0.3) is 0 Å². The topological polar surface area (TPSA) is 21.3 Å². The van der Waals surface area contributed by atoms with Crippen LogP contribution in [-0.4, -0.2) is 13.2 Å². The number of rotatable bonds is 6. The van der Waals surface area contributed by atoms with Crippen LogP contribution in [0.3, 0.4) is 0 Å². The van der Waals surface area contributed by atoms with Gasteiger partial charge in [-0.15, -0.1) is 0 Å². The van der Waals surface area contributed by atoms with E-state index in [1.54, 1.807) is 0 Å². The molecule has 1 atom stereocenters. The van der Waals surface area contributed by atoms with E-state index in [2.05, 4.69) is 45.1 Å². The van der Waals surface area contributed by atoms with E-state index in [0.717, 1.165) is 12.3 Å². The van der Waals surface area contributed by atoms with E-state index in [1.165, 1.54) is 22.3 Å². The first kappa shape index (κ1) is 15.6. The average Bonchev–Trinajstić information content (AvgIpc) is 2.45. The van der Waals surface area contributed by atoms with Crippen molar-refractivity contribution in [3.8, 4) is 5.75 Å². The first-order valence-electron chi connectivity index (χ1n) is 7.60. The fourth-order valence-corrected chi connectivity index (χ4v) is 2.93. The Morgan fingerprint density at radius 1 is 1.00 bits per heavy atom. The Labute approximate surface area is 128 Å². The van der Waals surface area contributed by atoms with Gasteiger partial charge in [0.15, 0.2) is 0 Å². The zero-order valence-corrected chi connectivity index (χ0v) is 13.4. The van der Waals surface area contributed by atoms with Crippen molar-refractivity contribution < 1.29 is 4.74 Å². The van der Waals surface area contributed by atoms with Crippen LogP contribution in [0.15, 0.2) is 42.5 Å². The van der Waals surface area contributed by atoms with Crippen LogP contribution in [-0.2, 0) is 0 Å². The molecular formula is C19H25NO. The lowest BCUT2D eigenvalue weighted by Crippen LogP contribution is -2.28. The molecule has 0 heterocycles. The van der Waals surface area contributed by atoms with Crippen molar-refractivity contribution in [2.45, 2.75) is 33.7 Å². The lowest BCUT2D eigenvalue weighted by molar-refractivity contribution is 0.267. The summed E-state index contributed by atoms with van der Waals surface area (Å²) in [7, 11) is 0. The number of aryl methyl sites for hydroxylation is 3. The second-order valence-electron chi connectivity index (χ2n) is 5.55. The molecule has 0 bridgehead atoms. The maximum absolute atomic E-state index is 5.95. The molecule has 0 aliphatic carbocycles. The van der Waals surface area contributed by atoms with E-state index in [0.29, 0.717) is 6.61 Å². The Bertz CT molecular complexity index is 554. The largest absolute Gasteiger partial charge is 0.492 e. The lowest BCUT2D eigenvalue weighted by Gasteiger charge is -2.23. The van der Waals surface area contributed by atoms with Crippen LogP contribution in [0.2, 0.25) is 0 Å². The van der Waals surface area contributed by atoms with Gasteiger partial charge in [-0.3, -0.25) is 0 Å². The Morgan fingerprint density at radius 2 is 1.62 bits per heavy atom. The second kappa shape index (κ2) is 7.28. The summed E-state index contributed by atoms with van der Waals surface area (Å²) in [5, 5.41) is 3.55. The molecule has 2 aromatic rings. The molecule has 0 aliphatic heterocycles. The highest BCUT2D eigenvalue weighted by Gasteiger charge is 2.16. The third kappa shape index (κ3) is 4.08. The van der Waals surface area contributed by atoms with Gasteiger partial charge in [-0.05, 0) is 56.1 Å². The summed E-state index contributed by atoms with van der Waals surface area (Å²) in [6.45, 7) is 10.2. The average molecular weight is 283 g/mol. The molecule has 1 unspecified atom stereocenters. The van der Waals surface area contributed by atoms with E-state index in [9.17, 15) is 0 Å². The van der Waals surface area contributed by atoms with Crippen LogP contribution < -0.4 is 10.1 Å². The van der Waals surface area contributed by atoms with Crippen molar-refractivity contribution in [1.29, 1.82) is 0 Å². The molecular weight excluding hydrogens is 258 g/mol. The van der Waals surface area contributed by atoms with Gasteiger partial charge in [-0.1, -0.05) is 42.8 Å². The molecule has 0 saturated carbocycles. The van der Waals surface area contributed by atoms with Crippen molar-refractivity contribution in [2.24, 2.45) is 0 Å². The van der Waals surface area contributed by atoms with Crippen LogP contribution in [0.4, 0.5) is 0 Å². The standard InChI is InChI=1S/C19H25NO/c1-5-20-18(13-21-17-9-7-6-8-10-17)19-15(3)11-14(2)12-16(19)4/h6-12,18,20H,5,13H2,1-4H3. The Balaban J connectivity index is 2.19. The number of hydrogen-bond acceptors (Lipinski definition) is 2. The fourth-order valence-electron chi connectivity index (χ4n) is 2.93. The zero-order chi connectivity index (χ0) is 15.2. The van der Waals surface area contributed by atoms with Crippen LogP contribution in [0, 0.1) is 20.8 Å². The highest BCUT2D eigenvalue weighted by molar-refractivity contribution is 5.40. The smallest absolute Gasteiger partial charge is 0.119 e. The van der Waals surface area contributed by atoms with Crippen molar-refractivity contribution in [1.82, 2.24) is 5.32 Å². The number of nitrogens with one attached hydrogen (secondary N) is 1. The molecule has 2 rings (SSSR count). The Morgan fingerprint density at radius 3 is 2.19 bits per heavy atom. The molecule has 0 saturated heterocycles. The molecule has 0 spiro atoms. The second-order valence-corrected chi connectivity index (χ2v) is 5.55. The fraction of sp³-hybridized carbons (Fsp3) is 0.368. The first-order chi connectivity index (χ1) is 10.1. The van der Waals surface area contributed by atoms with Crippen molar-refractivity contribution in [3.05, 3.63) is 64.7 Å². The molecule has 2 aromatic carbocycles. The molecule has 0 radical (unpaired) electrons. The van der Waals surface area contributed by atoms with E-state index in [1.807, 2.05) is 30.3 Å². The predicted molar refractivity (Wildman–Crippen MR) is 89.0 cm³/mol. The molecule has 0 fully saturated rings. The zero-order valence-electron chi connectivity index (χ0n) is 13.4. The summed E-state index contributed by atoms with van der Waals surface area (Å²) in [6.07, 6.45) is 0. The molecule has 21 heavy (non-hydrogen) atoms. The third-order valence-electron chi connectivity index (χ3n) is 3.70. The highest BCUT2D eigenvalue weighted by Crippen LogP contribution is 2.24. The monoisotopic (exact) mass is 283 g/mol. The Kier molecular flexibility index (Phi) is 5.40. The molecule has 0 aromatic heterocycles. The summed E-state index contributed by atoms with van der Waals surface area (Å²) in [5.41, 5.74) is 5.33. The number of para-hydroxylation sites is 1. The van der Waals surface area contributed by atoms with Crippen molar-refractivity contribution >= 4 is 0 Å². The van der Waals surface area contributed by atoms with Crippen LogP contribution >= 0.6 is 0 Å². The summed E-state index contributed by atoms with van der Waals surface area (Å²) in [6, 6.07) is 14.7. The third-order valence-corrected chi connectivity index (χ3v) is 3.70. The van der Waals surface area contributed by atoms with E-state index in [4.69, 9.17) is 4.74 Å². The minimum atomic E-state index is 0.218. The van der Waals surface area contributed by atoms with E-state index >= 15 is 0 Å². The highest BCUT2D eigenvalue weighted by atomic mass is 16.5. The summed E-state index contributed by atoms with van der Waals surface area (Å²) in [5.74, 6) is 0.919. The predicted octanol–water partition coefficient (Wildman–Crippen LogP) is 4.34. The Hall–Kier alpha value is -1.80. The van der Waals surface area contributed by atoms with Gasteiger partial charge in [-0.2, -0.15) is 0 Å². The van der Waals surface area contributed by atoms with E-state index in [-0.39, 0.29) is 6.04 Å². The minimum Gasteiger partial charge on any atom is -0.492 e. The molecule has 112 valence electrons. The molecule has 1 N–H and O–H groups in total. The van der Waals surface area contributed by atoms with Crippen LogP contribution in [0.1, 0.15) is 35.2 Å². The van der Waals surface area contributed by atoms with Crippen LogP contribution in [0.5, 0.6) is 5.75 Å². The summed E-state index contributed by atoms with van der Waals surface area (Å²) in [4.78, 5) is 0. The number of hydrogen-bond donors (Lipinski definition) is 1. The number of ether oxygens (including phenoxy) is 1. The van der Waals surface area contributed by atoms with Gasteiger partial charge in [0.05, 0.1) is 6.04 Å². The van der Waals surface area contributed by atoms with Gasteiger partial charge in [-0.25, -0.2) is 0 Å². The maximum atomic E-state index is 5.95. The molecule has 2 heteroatoms. The quantitative estimate of drug-likeness (QED) is 0.851. The van der Waals surface area contributed by atoms with Crippen molar-refractivity contribution in [3.63, 3.8) is 0 Å². The van der Waals surface area contributed by atoms with Gasteiger partial charge in [0.2, 0.25) is 0 Å². The van der Waals surface area contributed by atoms with Crippen molar-refractivity contribution in [2.75, 3.05) is 13.2 Å². The number of benzene rings is 2. The van der Waals surface area contributed by atoms with E-state index < -0.39 is 0 Å². The normalized spacial score (nSPS) is 12.2. The summed E-state index contributed by atoms with van der Waals surface area (Å²) < 4.78 is 5.95. The molecule has 0 amide bonds. The molecule has 0 aliphatic rings. The van der Waals surface area contributed by atoms with Gasteiger partial charge in [0, 0.05) is 0 Å². The lowest BCUT2D eigenvalue weighted by atomic mass is 9.94. The number of likely N-dealkylation sites (N-methyl/N-ethyl adjacent to an activating group) is 1. The van der Waals surface area contributed by atoms with Gasteiger partial charge in [0.1, 0.15) is 12.4 Å². The van der Waals surface area contributed by atoms with Gasteiger partial charge >= 0.3 is 0 Å². The first-order valence-corrected chi connectivity index (χ1v) is 7.60. The maximum Gasteiger partial charge on any atom is 0.119 e. The molecule has 2 nitrogen and oxygen atoms in total. The summed E-state index contributed by atoms with van der Waals surface area (Å²) >= 11 is 0. The minimum absolute atomic E-state index is 0.218. The van der Waals surface area contributed by atoms with Crippen LogP contribution in [0.25, 0.3) is 0 Å². The SMILES string of the molecule is CCNC(COc1ccccc1)c1c(C)cc(C)cc1C. The van der Waals surface area contributed by atoms with Gasteiger partial charge < -0.3 is 10.1 Å².